The second-order valence-electron chi connectivity index (χ2n) is 6.04. The monoisotopic (exact) mass is 413 g/mol. The average Bonchev–Trinajstić information content (AvgIpc) is 2.98. The van der Waals surface area contributed by atoms with Gasteiger partial charge in [-0.05, 0) is 44.5 Å². The number of amides is 1. The second-order valence-corrected chi connectivity index (χ2v) is 7.10. The van der Waals surface area contributed by atoms with Gasteiger partial charge in [-0.1, -0.05) is 12.1 Å². The normalized spacial score (nSPS) is 11.9. The van der Waals surface area contributed by atoms with Crippen molar-refractivity contribution in [2.45, 2.75) is 27.3 Å². The number of hydrogen-bond donors (Lipinski definition) is 0. The van der Waals surface area contributed by atoms with E-state index in [1.54, 1.807) is 42.2 Å². The van der Waals surface area contributed by atoms with Gasteiger partial charge in [0.05, 0.1) is 28.8 Å². The molecule has 0 bridgehead atoms. The lowest BCUT2D eigenvalue weighted by Gasteiger charge is -2.18. The average molecular weight is 413 g/mol. The molecule has 0 aliphatic carbocycles. The van der Waals surface area contributed by atoms with Gasteiger partial charge in [0.15, 0.2) is 0 Å². The van der Waals surface area contributed by atoms with Crippen LogP contribution in [0.15, 0.2) is 29.1 Å². The third-order valence-electron chi connectivity index (χ3n) is 4.19. The van der Waals surface area contributed by atoms with Gasteiger partial charge >= 0.3 is 5.97 Å². The Labute approximate surface area is 172 Å². The van der Waals surface area contributed by atoms with Gasteiger partial charge in [-0.15, -0.1) is 11.3 Å². The summed E-state index contributed by atoms with van der Waals surface area (Å²) in [7, 11) is 0. The molecule has 2 rings (SSSR count). The third-order valence-corrected chi connectivity index (χ3v) is 5.25. The molecule has 0 atom stereocenters. The Balaban J connectivity index is 2.60. The smallest absolute Gasteiger partial charge is 0.333 e. The summed E-state index contributed by atoms with van der Waals surface area (Å²) in [6, 6.07) is 8.90. The molecule has 8 heteroatoms. The quantitative estimate of drug-likeness (QED) is 0.627. The minimum Gasteiger partial charge on any atom is -0.463 e. The topological polar surface area (TPSA) is 92.4 Å². The molecular formula is C21H23N3O4S. The number of benzene rings is 1. The minimum atomic E-state index is -0.573. The van der Waals surface area contributed by atoms with Crippen molar-refractivity contribution in [3.63, 3.8) is 0 Å². The van der Waals surface area contributed by atoms with E-state index in [9.17, 15) is 14.4 Å². The van der Waals surface area contributed by atoms with Crippen LogP contribution in [0.5, 0.6) is 0 Å². The van der Waals surface area contributed by atoms with E-state index >= 15 is 0 Å². The Bertz CT molecular complexity index is 1100. The van der Waals surface area contributed by atoms with Crippen molar-refractivity contribution < 1.29 is 14.3 Å². The van der Waals surface area contributed by atoms with Crippen LogP contribution in [0.1, 0.15) is 31.9 Å². The molecule has 0 saturated heterocycles. The van der Waals surface area contributed by atoms with E-state index in [-0.39, 0.29) is 24.6 Å². The minimum absolute atomic E-state index is 0.158. The molecule has 152 valence electrons. The molecule has 0 unspecified atom stereocenters. The standard InChI is InChI=1S/C21H23N3O4S/c1-4-23(5-2)18(25)14-24-19(12-20(26)28-6-3)29-17(21(24)27)11-15-8-7-9-16(10-15)13-22/h7-12H,4-6,14H2,1-3H3/b17-11-,19-12-. The number of esters is 1. The number of carbonyl (C=O) groups is 2. The fourth-order valence-electron chi connectivity index (χ4n) is 2.74. The molecule has 0 fully saturated rings. The van der Waals surface area contributed by atoms with Gasteiger partial charge in [0, 0.05) is 13.1 Å². The lowest BCUT2D eigenvalue weighted by atomic mass is 10.1. The van der Waals surface area contributed by atoms with Crippen molar-refractivity contribution in [2.75, 3.05) is 19.7 Å². The zero-order valence-corrected chi connectivity index (χ0v) is 17.5. The SMILES string of the molecule is CCOC(=O)/C=c1\s/c(=C\c2cccc(C#N)c2)c(=O)n1CC(=O)N(CC)CC. The van der Waals surface area contributed by atoms with Crippen LogP contribution in [0.3, 0.4) is 0 Å². The summed E-state index contributed by atoms with van der Waals surface area (Å²) in [6.45, 7) is 6.54. The molecule has 1 aromatic carbocycles. The Morgan fingerprint density at radius 1 is 1.28 bits per heavy atom. The van der Waals surface area contributed by atoms with Crippen molar-refractivity contribution >= 4 is 35.4 Å². The number of aromatic nitrogens is 1. The highest BCUT2D eigenvalue weighted by molar-refractivity contribution is 7.07. The number of nitriles is 1. The summed E-state index contributed by atoms with van der Waals surface area (Å²) in [4.78, 5) is 39.0. The number of thiazole rings is 1. The number of carbonyl (C=O) groups excluding carboxylic acids is 2. The van der Waals surface area contributed by atoms with Crippen LogP contribution >= 0.6 is 11.3 Å². The second kappa shape index (κ2) is 10.4. The maximum atomic E-state index is 13.0. The maximum absolute atomic E-state index is 13.0. The van der Waals surface area contributed by atoms with Gasteiger partial charge in [-0.25, -0.2) is 4.79 Å². The Morgan fingerprint density at radius 3 is 2.62 bits per heavy atom. The largest absolute Gasteiger partial charge is 0.463 e. The lowest BCUT2D eigenvalue weighted by molar-refractivity contribution is -0.135. The van der Waals surface area contributed by atoms with Crippen molar-refractivity contribution in [2.24, 2.45) is 0 Å². The first-order valence-electron chi connectivity index (χ1n) is 9.31. The fraction of sp³-hybridized carbons (Fsp3) is 0.333. The lowest BCUT2D eigenvalue weighted by Crippen LogP contribution is -2.40. The summed E-state index contributed by atoms with van der Waals surface area (Å²) < 4.78 is 6.95. The van der Waals surface area contributed by atoms with E-state index in [1.807, 2.05) is 13.8 Å². The molecule has 1 heterocycles. The van der Waals surface area contributed by atoms with E-state index in [2.05, 4.69) is 6.07 Å². The van der Waals surface area contributed by atoms with E-state index in [0.29, 0.717) is 33.4 Å². The number of likely N-dealkylation sites (N-methyl/N-ethyl adjacent to an activating group) is 1. The van der Waals surface area contributed by atoms with E-state index in [4.69, 9.17) is 10.00 Å². The van der Waals surface area contributed by atoms with Gasteiger partial charge in [-0.3, -0.25) is 14.2 Å². The van der Waals surface area contributed by atoms with Gasteiger partial charge < -0.3 is 9.64 Å². The summed E-state index contributed by atoms with van der Waals surface area (Å²) in [6.07, 6.45) is 2.88. The van der Waals surface area contributed by atoms with E-state index < -0.39 is 5.97 Å². The van der Waals surface area contributed by atoms with Gasteiger partial charge in [0.25, 0.3) is 5.56 Å². The Morgan fingerprint density at radius 2 is 2.00 bits per heavy atom. The Hall–Kier alpha value is -3.18. The van der Waals surface area contributed by atoms with Crippen molar-refractivity contribution in [1.82, 2.24) is 9.47 Å². The molecule has 0 spiro atoms. The first-order chi connectivity index (χ1) is 13.9. The zero-order chi connectivity index (χ0) is 21.4. The highest BCUT2D eigenvalue weighted by Gasteiger charge is 2.14. The molecule has 0 saturated carbocycles. The summed E-state index contributed by atoms with van der Waals surface area (Å²) >= 11 is 1.10. The van der Waals surface area contributed by atoms with Crippen LogP contribution in [0, 0.1) is 11.3 Å². The first kappa shape index (κ1) is 22.1. The molecule has 2 aromatic rings. The van der Waals surface area contributed by atoms with Crippen molar-refractivity contribution in [3.8, 4) is 6.07 Å². The van der Waals surface area contributed by atoms with E-state index in [1.165, 1.54) is 10.6 Å². The molecule has 1 amide bonds. The number of nitrogens with zero attached hydrogens (tertiary/aromatic N) is 3. The van der Waals surface area contributed by atoms with Crippen LogP contribution in [-0.4, -0.2) is 41.0 Å². The van der Waals surface area contributed by atoms with Crippen LogP contribution in [0.2, 0.25) is 0 Å². The predicted molar refractivity (Wildman–Crippen MR) is 112 cm³/mol. The molecule has 0 radical (unpaired) electrons. The van der Waals surface area contributed by atoms with Crippen LogP contribution in [0.4, 0.5) is 0 Å². The molecule has 0 aliphatic heterocycles. The summed E-state index contributed by atoms with van der Waals surface area (Å²) in [5.41, 5.74) is 0.798. The first-order valence-corrected chi connectivity index (χ1v) is 10.1. The third kappa shape index (κ3) is 5.65. The molecule has 7 nitrogen and oxygen atoms in total. The molecular weight excluding hydrogens is 390 g/mol. The highest BCUT2D eigenvalue weighted by Crippen LogP contribution is 2.04. The van der Waals surface area contributed by atoms with Crippen LogP contribution in [0.25, 0.3) is 12.2 Å². The molecule has 0 N–H and O–H groups in total. The van der Waals surface area contributed by atoms with Gasteiger partial charge in [0.2, 0.25) is 5.91 Å². The molecule has 1 aromatic heterocycles. The number of hydrogen-bond acceptors (Lipinski definition) is 6. The van der Waals surface area contributed by atoms with Crippen LogP contribution < -0.4 is 14.8 Å². The number of ether oxygens (including phenoxy) is 1. The molecule has 29 heavy (non-hydrogen) atoms. The van der Waals surface area contributed by atoms with Crippen molar-refractivity contribution in [3.05, 3.63) is 54.9 Å². The summed E-state index contributed by atoms with van der Waals surface area (Å²) in [5, 5.41) is 9.05. The zero-order valence-electron chi connectivity index (χ0n) is 16.7. The van der Waals surface area contributed by atoms with E-state index in [0.717, 1.165) is 11.3 Å². The summed E-state index contributed by atoms with van der Waals surface area (Å²) in [5.74, 6) is -0.776. The maximum Gasteiger partial charge on any atom is 0.333 e. The fourth-order valence-corrected chi connectivity index (χ4v) is 3.77. The number of rotatable bonds is 7. The van der Waals surface area contributed by atoms with Gasteiger partial charge in [-0.2, -0.15) is 5.26 Å². The Kier molecular flexibility index (Phi) is 7.92. The van der Waals surface area contributed by atoms with Gasteiger partial charge in [0.1, 0.15) is 11.2 Å². The van der Waals surface area contributed by atoms with Crippen LogP contribution in [-0.2, 0) is 20.9 Å². The highest BCUT2D eigenvalue weighted by atomic mass is 32.1. The predicted octanol–water partition coefficient (Wildman–Crippen LogP) is 0.822. The molecule has 0 aliphatic rings. The van der Waals surface area contributed by atoms with Crippen molar-refractivity contribution in [1.29, 1.82) is 5.26 Å².